The highest BCUT2D eigenvalue weighted by Crippen LogP contribution is 2.35. The molecule has 2 fully saturated rings. The molecule has 1 amide bonds. The monoisotopic (exact) mass is 308 g/mol. The first-order chi connectivity index (χ1) is 10.7. The van der Waals surface area contributed by atoms with Crippen molar-refractivity contribution < 1.29 is 14.1 Å². The van der Waals surface area contributed by atoms with Crippen molar-refractivity contribution in [2.45, 2.75) is 57.0 Å². The number of morpholine rings is 1. The van der Waals surface area contributed by atoms with Gasteiger partial charge < -0.3 is 19.9 Å². The fraction of sp³-hybridized carbons (Fsp3) is 0.800. The first kappa shape index (κ1) is 15.4. The van der Waals surface area contributed by atoms with Crippen molar-refractivity contribution in [3.8, 4) is 0 Å². The van der Waals surface area contributed by atoms with Gasteiger partial charge in [-0.15, -0.1) is 0 Å². The van der Waals surface area contributed by atoms with Gasteiger partial charge in [-0.1, -0.05) is 24.4 Å². The molecule has 1 atom stereocenters. The highest BCUT2D eigenvalue weighted by atomic mass is 16.5. The van der Waals surface area contributed by atoms with Crippen LogP contribution in [0.2, 0.25) is 0 Å². The Morgan fingerprint density at radius 3 is 2.86 bits per heavy atom. The summed E-state index contributed by atoms with van der Waals surface area (Å²) >= 11 is 0. The number of hydrogen-bond donors (Lipinski definition) is 2. The summed E-state index contributed by atoms with van der Waals surface area (Å²) in [5, 5.41) is 10.6. The first-order valence-electron chi connectivity index (χ1n) is 8.11. The molecular formula is C15H24N4O3. The molecule has 3 rings (SSSR count). The number of nitrogens with one attached hydrogen (secondary N) is 2. The van der Waals surface area contributed by atoms with Gasteiger partial charge in [0.1, 0.15) is 5.54 Å². The zero-order valence-corrected chi connectivity index (χ0v) is 13.1. The summed E-state index contributed by atoms with van der Waals surface area (Å²) in [4.78, 5) is 16.8. The van der Waals surface area contributed by atoms with Gasteiger partial charge in [0, 0.05) is 25.9 Å². The van der Waals surface area contributed by atoms with Crippen LogP contribution >= 0.6 is 0 Å². The fourth-order valence-electron chi connectivity index (χ4n) is 3.35. The molecule has 1 saturated carbocycles. The third-order valence-corrected chi connectivity index (χ3v) is 4.47. The molecule has 1 aromatic heterocycles. The van der Waals surface area contributed by atoms with E-state index in [0.717, 1.165) is 32.2 Å². The van der Waals surface area contributed by atoms with Crippen LogP contribution in [0.3, 0.4) is 0 Å². The number of hydrogen-bond acceptors (Lipinski definition) is 6. The van der Waals surface area contributed by atoms with E-state index in [2.05, 4.69) is 20.8 Å². The second-order valence-electron chi connectivity index (χ2n) is 6.26. The van der Waals surface area contributed by atoms with Crippen molar-refractivity contribution in [1.82, 2.24) is 20.8 Å². The summed E-state index contributed by atoms with van der Waals surface area (Å²) in [6.07, 6.45) is 5.47. The Hall–Kier alpha value is -1.47. The van der Waals surface area contributed by atoms with Crippen LogP contribution in [0.15, 0.2) is 4.52 Å². The second-order valence-corrected chi connectivity index (χ2v) is 6.26. The smallest absolute Gasteiger partial charge is 0.223 e. The van der Waals surface area contributed by atoms with E-state index < -0.39 is 5.54 Å². The third kappa shape index (κ3) is 3.47. The van der Waals surface area contributed by atoms with Gasteiger partial charge in [0.15, 0.2) is 5.82 Å². The maximum absolute atomic E-state index is 12.5. The van der Waals surface area contributed by atoms with Gasteiger partial charge in [0.25, 0.3) is 0 Å². The molecule has 1 aliphatic carbocycles. The van der Waals surface area contributed by atoms with E-state index >= 15 is 0 Å². The topological polar surface area (TPSA) is 89.3 Å². The number of amides is 1. The van der Waals surface area contributed by atoms with Gasteiger partial charge >= 0.3 is 0 Å². The molecule has 1 aromatic rings. The van der Waals surface area contributed by atoms with Gasteiger partial charge in [0.2, 0.25) is 11.8 Å². The van der Waals surface area contributed by atoms with Crippen molar-refractivity contribution in [2.24, 2.45) is 0 Å². The fourth-order valence-corrected chi connectivity index (χ4v) is 3.35. The molecular weight excluding hydrogens is 284 g/mol. The molecule has 2 heterocycles. The lowest BCUT2D eigenvalue weighted by Crippen LogP contribution is -2.51. The standard InChI is InChI=1S/C15H24N4O3/c1-11-17-14(19-22-11)15(5-3-2-4-6-15)18-13(20)9-12-10-21-8-7-16-12/h12,16H,2-10H2,1H3,(H,18,20). The summed E-state index contributed by atoms with van der Waals surface area (Å²) < 4.78 is 10.5. The summed E-state index contributed by atoms with van der Waals surface area (Å²) in [5.41, 5.74) is -0.470. The summed E-state index contributed by atoms with van der Waals surface area (Å²) in [5.74, 6) is 1.18. The number of ether oxygens (including phenoxy) is 1. The van der Waals surface area contributed by atoms with Crippen LogP contribution in [0, 0.1) is 6.92 Å². The SMILES string of the molecule is Cc1nc(C2(NC(=O)CC3COCCN3)CCCCC2)no1. The minimum atomic E-state index is -0.470. The Bertz CT molecular complexity index is 505. The molecule has 0 spiro atoms. The van der Waals surface area contributed by atoms with E-state index in [1.807, 2.05) is 0 Å². The van der Waals surface area contributed by atoms with Gasteiger partial charge in [-0.3, -0.25) is 4.79 Å². The Balaban J connectivity index is 1.68. The lowest BCUT2D eigenvalue weighted by Gasteiger charge is -2.36. The number of nitrogens with zero attached hydrogens (tertiary/aromatic N) is 2. The largest absolute Gasteiger partial charge is 0.378 e. The molecule has 1 aliphatic heterocycles. The molecule has 7 heteroatoms. The van der Waals surface area contributed by atoms with Crippen LogP contribution < -0.4 is 10.6 Å². The normalized spacial score (nSPS) is 24.9. The van der Waals surface area contributed by atoms with E-state index in [4.69, 9.17) is 9.26 Å². The van der Waals surface area contributed by atoms with Gasteiger partial charge in [0.05, 0.1) is 13.2 Å². The Kier molecular flexibility index (Phi) is 4.73. The number of aryl methyl sites for hydroxylation is 1. The first-order valence-corrected chi connectivity index (χ1v) is 8.11. The van der Waals surface area contributed by atoms with Crippen molar-refractivity contribution in [1.29, 1.82) is 0 Å². The van der Waals surface area contributed by atoms with Crippen molar-refractivity contribution >= 4 is 5.91 Å². The number of carbonyl (C=O) groups is 1. The molecule has 2 N–H and O–H groups in total. The zero-order valence-electron chi connectivity index (χ0n) is 13.1. The highest BCUT2D eigenvalue weighted by molar-refractivity contribution is 5.77. The maximum atomic E-state index is 12.5. The van der Waals surface area contributed by atoms with E-state index in [9.17, 15) is 4.79 Å². The number of aromatic nitrogens is 2. The quantitative estimate of drug-likeness (QED) is 0.863. The van der Waals surface area contributed by atoms with Crippen LogP contribution in [0.25, 0.3) is 0 Å². The zero-order chi connectivity index (χ0) is 15.4. The van der Waals surface area contributed by atoms with Crippen molar-refractivity contribution in [3.05, 3.63) is 11.7 Å². The highest BCUT2D eigenvalue weighted by Gasteiger charge is 2.39. The maximum Gasteiger partial charge on any atom is 0.223 e. The lowest BCUT2D eigenvalue weighted by molar-refractivity contribution is -0.125. The summed E-state index contributed by atoms with van der Waals surface area (Å²) in [7, 11) is 0. The minimum Gasteiger partial charge on any atom is -0.378 e. The molecule has 1 unspecified atom stereocenters. The molecule has 2 aliphatic rings. The molecule has 1 saturated heterocycles. The van der Waals surface area contributed by atoms with Crippen molar-refractivity contribution in [3.63, 3.8) is 0 Å². The lowest BCUT2D eigenvalue weighted by atomic mass is 9.80. The average molecular weight is 308 g/mol. The van der Waals surface area contributed by atoms with E-state index in [1.54, 1.807) is 6.92 Å². The Morgan fingerprint density at radius 2 is 2.23 bits per heavy atom. The van der Waals surface area contributed by atoms with E-state index in [1.165, 1.54) is 6.42 Å². The number of rotatable bonds is 4. The van der Waals surface area contributed by atoms with Crippen LogP contribution in [0.1, 0.15) is 50.2 Å². The number of carbonyl (C=O) groups excluding carboxylic acids is 1. The average Bonchev–Trinajstić information content (AvgIpc) is 2.96. The summed E-state index contributed by atoms with van der Waals surface area (Å²) in [6.45, 7) is 3.87. The second kappa shape index (κ2) is 6.75. The molecule has 0 radical (unpaired) electrons. The molecule has 122 valence electrons. The van der Waals surface area contributed by atoms with Crippen molar-refractivity contribution in [2.75, 3.05) is 19.8 Å². The molecule has 22 heavy (non-hydrogen) atoms. The Morgan fingerprint density at radius 1 is 1.41 bits per heavy atom. The minimum absolute atomic E-state index is 0.0207. The predicted molar refractivity (Wildman–Crippen MR) is 79.2 cm³/mol. The van der Waals surface area contributed by atoms with E-state index in [-0.39, 0.29) is 11.9 Å². The van der Waals surface area contributed by atoms with E-state index in [0.29, 0.717) is 31.3 Å². The van der Waals surface area contributed by atoms with Crippen LogP contribution in [-0.4, -0.2) is 41.8 Å². The van der Waals surface area contributed by atoms with Crippen LogP contribution in [0.5, 0.6) is 0 Å². The van der Waals surface area contributed by atoms with Crippen LogP contribution in [0.4, 0.5) is 0 Å². The van der Waals surface area contributed by atoms with Gasteiger partial charge in [-0.2, -0.15) is 4.98 Å². The van der Waals surface area contributed by atoms with Gasteiger partial charge in [-0.05, 0) is 12.8 Å². The molecule has 0 bridgehead atoms. The van der Waals surface area contributed by atoms with Crippen LogP contribution in [-0.2, 0) is 15.1 Å². The summed E-state index contributed by atoms with van der Waals surface area (Å²) in [6, 6.07) is 0.0846. The molecule has 7 nitrogen and oxygen atoms in total. The third-order valence-electron chi connectivity index (χ3n) is 4.47. The molecule has 0 aromatic carbocycles. The Labute approximate surface area is 130 Å². The predicted octanol–water partition coefficient (Wildman–Crippen LogP) is 1.03. The van der Waals surface area contributed by atoms with Gasteiger partial charge in [-0.25, -0.2) is 0 Å².